The van der Waals surface area contributed by atoms with Crippen molar-refractivity contribution in [1.29, 1.82) is 0 Å². The Hall–Kier alpha value is -2.64. The van der Waals surface area contributed by atoms with E-state index in [1.54, 1.807) is 0 Å². The Bertz CT molecular complexity index is 1160. The average molecular weight is 440 g/mol. The van der Waals surface area contributed by atoms with E-state index in [-0.39, 0.29) is 5.41 Å². The van der Waals surface area contributed by atoms with E-state index in [0.29, 0.717) is 22.5 Å². The minimum atomic E-state index is 0.118. The number of benzene rings is 2. The fourth-order valence-corrected chi connectivity index (χ4v) is 3.93. The summed E-state index contributed by atoms with van der Waals surface area (Å²) in [6, 6.07) is 15.8. The summed E-state index contributed by atoms with van der Waals surface area (Å²) in [4.78, 5) is 4.45. The van der Waals surface area contributed by atoms with Crippen LogP contribution in [0.5, 0.6) is 0 Å². The van der Waals surface area contributed by atoms with Crippen molar-refractivity contribution < 1.29 is 4.52 Å². The maximum Gasteiger partial charge on any atom is 0.237 e. The van der Waals surface area contributed by atoms with Crippen molar-refractivity contribution in [2.24, 2.45) is 7.05 Å². The molecule has 4 rings (SSSR count). The van der Waals surface area contributed by atoms with Crippen LogP contribution < -0.4 is 0 Å². The van der Waals surface area contributed by atoms with Crippen molar-refractivity contribution in [3.8, 4) is 22.8 Å². The second kappa shape index (κ2) is 8.24. The molecule has 0 amide bonds. The lowest BCUT2D eigenvalue weighted by Crippen LogP contribution is -2.10. The molecule has 4 aromatic rings. The number of hydrogen-bond donors (Lipinski definition) is 0. The third-order valence-electron chi connectivity index (χ3n) is 4.72. The molecular weight excluding hydrogens is 418 g/mol. The van der Waals surface area contributed by atoms with Crippen molar-refractivity contribution in [3.63, 3.8) is 0 Å². The van der Waals surface area contributed by atoms with Crippen LogP contribution in [0.15, 0.2) is 58.2 Å². The maximum atomic E-state index is 6.04. The van der Waals surface area contributed by atoms with Crippen LogP contribution in [0.25, 0.3) is 22.8 Å². The van der Waals surface area contributed by atoms with Crippen molar-refractivity contribution in [3.05, 3.63) is 65.0 Å². The Morgan fingerprint density at radius 3 is 2.50 bits per heavy atom. The van der Waals surface area contributed by atoms with Crippen LogP contribution in [0.2, 0.25) is 5.02 Å². The van der Waals surface area contributed by atoms with Crippen LogP contribution in [-0.4, -0.2) is 24.9 Å². The van der Waals surface area contributed by atoms with Crippen LogP contribution in [0, 0.1) is 0 Å². The van der Waals surface area contributed by atoms with E-state index < -0.39 is 0 Å². The van der Waals surface area contributed by atoms with E-state index in [1.807, 2.05) is 35.9 Å². The highest BCUT2D eigenvalue weighted by Crippen LogP contribution is 2.28. The molecule has 0 aliphatic rings. The predicted molar refractivity (Wildman–Crippen MR) is 119 cm³/mol. The zero-order valence-corrected chi connectivity index (χ0v) is 18.8. The molecule has 2 heterocycles. The van der Waals surface area contributed by atoms with Gasteiger partial charge in [0.25, 0.3) is 0 Å². The summed E-state index contributed by atoms with van der Waals surface area (Å²) in [5.41, 5.74) is 3.26. The van der Waals surface area contributed by atoms with Gasteiger partial charge in [-0.3, -0.25) is 0 Å². The normalized spacial score (nSPS) is 11.8. The molecule has 8 heteroatoms. The van der Waals surface area contributed by atoms with Crippen molar-refractivity contribution in [1.82, 2.24) is 24.9 Å². The summed E-state index contributed by atoms with van der Waals surface area (Å²) in [5, 5.41) is 14.1. The molecule has 0 saturated carbocycles. The zero-order valence-electron chi connectivity index (χ0n) is 17.3. The molecule has 6 nitrogen and oxygen atoms in total. The molecule has 0 radical (unpaired) electrons. The number of nitrogens with zero attached hydrogens (tertiary/aromatic N) is 5. The largest absolute Gasteiger partial charge is 0.338 e. The molecule has 0 N–H and O–H groups in total. The van der Waals surface area contributed by atoms with Gasteiger partial charge in [0.2, 0.25) is 11.7 Å². The number of hydrogen-bond acceptors (Lipinski definition) is 6. The first-order valence-electron chi connectivity index (χ1n) is 9.53. The summed E-state index contributed by atoms with van der Waals surface area (Å²) in [5.74, 6) is 2.37. The maximum absolute atomic E-state index is 6.04. The Kier molecular flexibility index (Phi) is 5.66. The van der Waals surface area contributed by atoms with Gasteiger partial charge in [-0.1, -0.05) is 85.7 Å². The Morgan fingerprint density at radius 2 is 1.80 bits per heavy atom. The summed E-state index contributed by atoms with van der Waals surface area (Å²) in [7, 11) is 1.96. The molecule has 0 spiro atoms. The van der Waals surface area contributed by atoms with E-state index in [2.05, 4.69) is 65.4 Å². The number of aromatic nitrogens is 5. The number of rotatable bonds is 5. The van der Waals surface area contributed by atoms with Gasteiger partial charge in [-0.15, -0.1) is 10.2 Å². The summed E-state index contributed by atoms with van der Waals surface area (Å²) < 4.78 is 7.35. The van der Waals surface area contributed by atoms with Crippen LogP contribution >= 0.6 is 23.4 Å². The van der Waals surface area contributed by atoms with Gasteiger partial charge in [-0.2, -0.15) is 4.98 Å². The van der Waals surface area contributed by atoms with E-state index >= 15 is 0 Å². The molecule has 0 atom stereocenters. The molecule has 2 aromatic carbocycles. The molecule has 0 unspecified atom stereocenters. The van der Waals surface area contributed by atoms with Gasteiger partial charge in [0.1, 0.15) is 0 Å². The molecule has 154 valence electrons. The van der Waals surface area contributed by atoms with Gasteiger partial charge in [0.05, 0.1) is 5.75 Å². The van der Waals surface area contributed by atoms with Crippen molar-refractivity contribution in [2.75, 3.05) is 0 Å². The predicted octanol–water partition coefficient (Wildman–Crippen LogP) is 5.78. The molecule has 30 heavy (non-hydrogen) atoms. The zero-order chi connectivity index (χ0) is 21.3. The number of thioether (sulfide) groups is 1. The minimum Gasteiger partial charge on any atom is -0.338 e. The standard InChI is InChI=1S/C22H22ClN5OS/c1-22(2,3)16-10-8-14(9-11-16)20-25-26-21(28(20)4)30-13-18-24-19(27-29-18)15-6-5-7-17(23)12-15/h5-12H,13H2,1-4H3. The molecule has 0 aliphatic heterocycles. The third-order valence-corrected chi connectivity index (χ3v) is 5.96. The summed E-state index contributed by atoms with van der Waals surface area (Å²) >= 11 is 7.54. The smallest absolute Gasteiger partial charge is 0.237 e. The topological polar surface area (TPSA) is 69.6 Å². The van der Waals surface area contributed by atoms with Crippen LogP contribution in [0.1, 0.15) is 32.2 Å². The fraction of sp³-hybridized carbons (Fsp3) is 0.273. The summed E-state index contributed by atoms with van der Waals surface area (Å²) in [6.07, 6.45) is 0. The van der Waals surface area contributed by atoms with Crippen molar-refractivity contribution >= 4 is 23.4 Å². The quantitative estimate of drug-likeness (QED) is 0.367. The van der Waals surface area contributed by atoms with Gasteiger partial charge < -0.3 is 9.09 Å². The highest BCUT2D eigenvalue weighted by Gasteiger charge is 2.16. The fourth-order valence-electron chi connectivity index (χ4n) is 3.00. The first kappa shape index (κ1) is 20.6. The second-order valence-corrected chi connectivity index (χ2v) is 9.38. The van der Waals surface area contributed by atoms with Gasteiger partial charge in [-0.05, 0) is 23.1 Å². The monoisotopic (exact) mass is 439 g/mol. The lowest BCUT2D eigenvalue weighted by Gasteiger charge is -2.19. The lowest BCUT2D eigenvalue weighted by molar-refractivity contribution is 0.391. The minimum absolute atomic E-state index is 0.118. The average Bonchev–Trinajstić information content (AvgIpc) is 3.33. The Labute approximate surface area is 184 Å². The van der Waals surface area contributed by atoms with Gasteiger partial charge in [0.15, 0.2) is 11.0 Å². The number of halogens is 1. The molecular formula is C22H22ClN5OS. The second-order valence-electron chi connectivity index (χ2n) is 8.00. The van der Waals surface area contributed by atoms with Crippen molar-refractivity contribution in [2.45, 2.75) is 37.1 Å². The molecule has 0 saturated heterocycles. The molecule has 0 bridgehead atoms. The molecule has 2 aromatic heterocycles. The Morgan fingerprint density at radius 1 is 1.03 bits per heavy atom. The van der Waals surface area contributed by atoms with Gasteiger partial charge in [-0.25, -0.2) is 0 Å². The van der Waals surface area contributed by atoms with E-state index in [1.165, 1.54) is 17.3 Å². The van der Waals surface area contributed by atoms with Crippen LogP contribution in [0.3, 0.4) is 0 Å². The summed E-state index contributed by atoms with van der Waals surface area (Å²) in [6.45, 7) is 6.61. The third kappa shape index (κ3) is 4.42. The van der Waals surface area contributed by atoms with E-state index in [4.69, 9.17) is 16.1 Å². The SMILES string of the molecule is Cn1c(SCc2nc(-c3cccc(Cl)c3)no2)nnc1-c1ccc(C(C)(C)C)cc1. The highest BCUT2D eigenvalue weighted by atomic mass is 35.5. The van der Waals surface area contributed by atoms with Crippen LogP contribution in [0.4, 0.5) is 0 Å². The van der Waals surface area contributed by atoms with E-state index in [0.717, 1.165) is 22.1 Å². The lowest BCUT2D eigenvalue weighted by atomic mass is 9.87. The van der Waals surface area contributed by atoms with Crippen LogP contribution in [-0.2, 0) is 18.2 Å². The first-order valence-corrected chi connectivity index (χ1v) is 10.9. The highest BCUT2D eigenvalue weighted by molar-refractivity contribution is 7.98. The van der Waals surface area contributed by atoms with E-state index in [9.17, 15) is 0 Å². The Balaban J connectivity index is 1.46. The molecule has 0 fully saturated rings. The van der Waals surface area contributed by atoms with Gasteiger partial charge >= 0.3 is 0 Å². The first-order chi connectivity index (χ1) is 14.3. The molecule has 0 aliphatic carbocycles. The van der Waals surface area contributed by atoms with Gasteiger partial charge in [0, 0.05) is 23.2 Å².